The van der Waals surface area contributed by atoms with Gasteiger partial charge >= 0.3 is 0 Å². The van der Waals surface area contributed by atoms with Crippen molar-refractivity contribution in [2.45, 2.75) is 39.5 Å². The Morgan fingerprint density at radius 1 is 1.35 bits per heavy atom. The average Bonchev–Trinajstić information content (AvgIpc) is 2.57. The van der Waals surface area contributed by atoms with Crippen LogP contribution < -0.4 is 0 Å². The van der Waals surface area contributed by atoms with Gasteiger partial charge in [-0.25, -0.2) is 0 Å². The van der Waals surface area contributed by atoms with Gasteiger partial charge in [-0.05, 0) is 51.9 Å². The van der Waals surface area contributed by atoms with E-state index in [4.69, 9.17) is 4.74 Å². The third kappa shape index (κ3) is 5.79. The molecule has 112 valence electrons. The molecule has 0 atom stereocenters. The number of hydrogen-bond acceptors (Lipinski definition) is 2. The smallest absolute Gasteiger partial charge is 0.123 e. The van der Waals surface area contributed by atoms with Crippen LogP contribution in [-0.2, 0) is 4.74 Å². The monoisotopic (exact) mass is 275 g/mol. The lowest BCUT2D eigenvalue weighted by atomic mass is 9.99. The first-order chi connectivity index (χ1) is 9.54. The zero-order valence-corrected chi connectivity index (χ0v) is 13.5. The quantitative estimate of drug-likeness (QED) is 0.606. The summed E-state index contributed by atoms with van der Waals surface area (Å²) in [5, 5.41) is 0. The SMILES string of the molecule is C=C(CCC)C1=C(OCCCN(C)C)C=CC(C)=CC1. The molecule has 0 N–H and O–H groups in total. The fraction of sp³-hybridized carbons (Fsp3) is 0.556. The van der Waals surface area contributed by atoms with Gasteiger partial charge in [-0.3, -0.25) is 0 Å². The minimum Gasteiger partial charge on any atom is -0.493 e. The maximum absolute atomic E-state index is 6.01. The van der Waals surface area contributed by atoms with Crippen molar-refractivity contribution in [1.29, 1.82) is 0 Å². The van der Waals surface area contributed by atoms with E-state index in [1.807, 2.05) is 0 Å². The van der Waals surface area contributed by atoms with Crippen LogP contribution in [-0.4, -0.2) is 32.1 Å². The molecular weight excluding hydrogens is 246 g/mol. The molecule has 0 saturated carbocycles. The maximum atomic E-state index is 6.01. The van der Waals surface area contributed by atoms with Crippen LogP contribution in [0.25, 0.3) is 0 Å². The van der Waals surface area contributed by atoms with Crippen LogP contribution in [0, 0.1) is 0 Å². The first-order valence-electron chi connectivity index (χ1n) is 7.58. The Labute approximate surface area is 124 Å². The highest BCUT2D eigenvalue weighted by Gasteiger charge is 2.11. The Hall–Kier alpha value is -1.28. The van der Waals surface area contributed by atoms with Gasteiger partial charge in [0.25, 0.3) is 0 Å². The summed E-state index contributed by atoms with van der Waals surface area (Å²) in [6.45, 7) is 10.4. The van der Waals surface area contributed by atoms with Gasteiger partial charge in [0.1, 0.15) is 5.76 Å². The van der Waals surface area contributed by atoms with E-state index in [0.717, 1.165) is 44.6 Å². The predicted molar refractivity (Wildman–Crippen MR) is 87.7 cm³/mol. The van der Waals surface area contributed by atoms with Crippen LogP contribution in [0.3, 0.4) is 0 Å². The normalized spacial score (nSPS) is 15.3. The first kappa shape index (κ1) is 16.8. The molecule has 20 heavy (non-hydrogen) atoms. The molecule has 2 nitrogen and oxygen atoms in total. The van der Waals surface area contributed by atoms with E-state index in [1.54, 1.807) is 0 Å². The summed E-state index contributed by atoms with van der Waals surface area (Å²) < 4.78 is 6.01. The molecular formula is C18H29NO. The van der Waals surface area contributed by atoms with E-state index >= 15 is 0 Å². The van der Waals surface area contributed by atoms with Crippen molar-refractivity contribution < 1.29 is 4.74 Å². The van der Waals surface area contributed by atoms with Crippen LogP contribution in [0.15, 0.2) is 47.3 Å². The van der Waals surface area contributed by atoms with Crippen LogP contribution >= 0.6 is 0 Å². The molecule has 0 aromatic rings. The standard InChI is InChI=1S/C18H29NO/c1-6-8-16(3)17-11-9-15(2)10-12-18(17)20-14-7-13-19(4)5/h9-10,12H,3,6-8,11,13-14H2,1-2,4-5H3. The molecule has 0 bridgehead atoms. The lowest BCUT2D eigenvalue weighted by Crippen LogP contribution is -2.14. The van der Waals surface area contributed by atoms with Crippen molar-refractivity contribution in [3.05, 3.63) is 47.3 Å². The number of hydrogen-bond donors (Lipinski definition) is 0. The Morgan fingerprint density at radius 2 is 2.10 bits per heavy atom. The summed E-state index contributed by atoms with van der Waals surface area (Å²) in [6.07, 6.45) is 10.6. The highest BCUT2D eigenvalue weighted by Crippen LogP contribution is 2.26. The van der Waals surface area contributed by atoms with Gasteiger partial charge in [0.05, 0.1) is 6.61 Å². The summed E-state index contributed by atoms with van der Waals surface area (Å²) in [6, 6.07) is 0. The van der Waals surface area contributed by atoms with Gasteiger partial charge in [-0.15, -0.1) is 0 Å². The maximum Gasteiger partial charge on any atom is 0.123 e. The molecule has 0 amide bonds. The summed E-state index contributed by atoms with van der Waals surface area (Å²) in [5.74, 6) is 1.01. The Bertz CT molecular complexity index is 413. The van der Waals surface area contributed by atoms with Gasteiger partial charge in [0.15, 0.2) is 0 Å². The number of allylic oxidation sites excluding steroid dienone is 6. The Morgan fingerprint density at radius 3 is 2.75 bits per heavy atom. The molecule has 0 spiro atoms. The second kappa shape index (κ2) is 8.80. The van der Waals surface area contributed by atoms with E-state index in [2.05, 4.69) is 57.6 Å². The van der Waals surface area contributed by atoms with Gasteiger partial charge < -0.3 is 9.64 Å². The largest absolute Gasteiger partial charge is 0.493 e. The molecule has 0 saturated heterocycles. The topological polar surface area (TPSA) is 12.5 Å². The minimum atomic E-state index is 0.764. The Kier molecular flexibility index (Phi) is 7.38. The zero-order valence-electron chi connectivity index (χ0n) is 13.5. The molecule has 1 aliphatic carbocycles. The van der Waals surface area contributed by atoms with Crippen LogP contribution in [0.4, 0.5) is 0 Å². The fourth-order valence-electron chi connectivity index (χ4n) is 2.21. The first-order valence-corrected chi connectivity index (χ1v) is 7.58. The van der Waals surface area contributed by atoms with Crippen molar-refractivity contribution in [2.75, 3.05) is 27.2 Å². The molecule has 0 unspecified atom stereocenters. The molecule has 0 radical (unpaired) electrons. The van der Waals surface area contributed by atoms with Crippen LogP contribution in [0.5, 0.6) is 0 Å². The zero-order chi connectivity index (χ0) is 15.0. The predicted octanol–water partition coefficient (Wildman–Crippen LogP) is 4.47. The molecule has 1 aliphatic rings. The number of rotatable bonds is 8. The van der Waals surface area contributed by atoms with Crippen molar-refractivity contribution in [3.8, 4) is 0 Å². The van der Waals surface area contributed by atoms with E-state index in [-0.39, 0.29) is 0 Å². The van der Waals surface area contributed by atoms with E-state index in [0.29, 0.717) is 0 Å². The van der Waals surface area contributed by atoms with E-state index in [1.165, 1.54) is 16.7 Å². The summed E-state index contributed by atoms with van der Waals surface area (Å²) in [5.41, 5.74) is 3.77. The van der Waals surface area contributed by atoms with Gasteiger partial charge in [0, 0.05) is 12.1 Å². The van der Waals surface area contributed by atoms with Gasteiger partial charge in [0.2, 0.25) is 0 Å². The number of ether oxygens (including phenoxy) is 1. The highest BCUT2D eigenvalue weighted by atomic mass is 16.5. The second-order valence-electron chi connectivity index (χ2n) is 5.69. The van der Waals surface area contributed by atoms with E-state index < -0.39 is 0 Å². The van der Waals surface area contributed by atoms with Gasteiger partial charge in [-0.1, -0.05) is 37.6 Å². The van der Waals surface area contributed by atoms with Crippen molar-refractivity contribution in [2.24, 2.45) is 0 Å². The average molecular weight is 275 g/mol. The van der Waals surface area contributed by atoms with E-state index in [9.17, 15) is 0 Å². The van der Waals surface area contributed by atoms with Crippen molar-refractivity contribution in [3.63, 3.8) is 0 Å². The fourth-order valence-corrected chi connectivity index (χ4v) is 2.21. The minimum absolute atomic E-state index is 0.764. The summed E-state index contributed by atoms with van der Waals surface area (Å²) in [7, 11) is 4.18. The van der Waals surface area contributed by atoms with Crippen LogP contribution in [0.2, 0.25) is 0 Å². The molecule has 0 aromatic heterocycles. The second-order valence-corrected chi connectivity index (χ2v) is 5.69. The summed E-state index contributed by atoms with van der Waals surface area (Å²) in [4.78, 5) is 2.18. The van der Waals surface area contributed by atoms with Gasteiger partial charge in [-0.2, -0.15) is 0 Å². The highest BCUT2D eigenvalue weighted by molar-refractivity contribution is 5.42. The molecule has 1 rings (SSSR count). The van der Waals surface area contributed by atoms with Crippen molar-refractivity contribution >= 4 is 0 Å². The summed E-state index contributed by atoms with van der Waals surface area (Å²) >= 11 is 0. The molecule has 0 aromatic carbocycles. The number of nitrogens with zero attached hydrogens (tertiary/aromatic N) is 1. The molecule has 0 aliphatic heterocycles. The molecule has 2 heteroatoms. The molecule has 0 fully saturated rings. The van der Waals surface area contributed by atoms with Crippen molar-refractivity contribution in [1.82, 2.24) is 4.90 Å². The van der Waals surface area contributed by atoms with Crippen LogP contribution in [0.1, 0.15) is 39.5 Å². The third-order valence-electron chi connectivity index (χ3n) is 3.41. The third-order valence-corrected chi connectivity index (χ3v) is 3.41. The lowest BCUT2D eigenvalue weighted by molar-refractivity contribution is 0.204. The lowest BCUT2D eigenvalue weighted by Gasteiger charge is -2.15. The Balaban J connectivity index is 2.72. The molecule has 0 heterocycles.